The Kier molecular flexibility index (Phi) is 3.78. The van der Waals surface area contributed by atoms with Gasteiger partial charge in [0.1, 0.15) is 11.5 Å². The fraction of sp³-hybridized carbons (Fsp3) is 0.545. The Balaban J connectivity index is 3.27. The number of nitrogens with one attached hydrogen (secondary N) is 1. The third kappa shape index (κ3) is 2.65. The van der Waals surface area contributed by atoms with Gasteiger partial charge in [0.2, 0.25) is 0 Å². The Morgan fingerprint density at radius 1 is 1.38 bits per heavy atom. The van der Waals surface area contributed by atoms with Crippen LogP contribution in [0.15, 0.2) is 12.1 Å². The molecule has 0 fully saturated rings. The molecule has 90 valence electrons. The van der Waals surface area contributed by atoms with Crippen molar-refractivity contribution in [2.24, 2.45) is 0 Å². The minimum Gasteiger partial charge on any atom is -0.373 e. The Bertz CT molecular complexity index is 361. The Labute approximate surface area is 92.9 Å². The van der Waals surface area contributed by atoms with Crippen molar-refractivity contribution in [1.29, 1.82) is 0 Å². The summed E-state index contributed by atoms with van der Waals surface area (Å²) in [5, 5.41) is 2.61. The van der Waals surface area contributed by atoms with E-state index in [0.717, 1.165) is 0 Å². The average Bonchev–Trinajstić information content (AvgIpc) is 2.26. The number of anilines is 1. The van der Waals surface area contributed by atoms with Crippen molar-refractivity contribution in [3.63, 3.8) is 0 Å². The van der Waals surface area contributed by atoms with Crippen LogP contribution in [0.25, 0.3) is 0 Å². The second kappa shape index (κ2) is 4.72. The van der Waals surface area contributed by atoms with Gasteiger partial charge in [-0.05, 0) is 24.0 Å². The van der Waals surface area contributed by atoms with E-state index in [1.165, 1.54) is 6.07 Å². The van der Waals surface area contributed by atoms with E-state index in [0.29, 0.717) is 6.42 Å². The van der Waals surface area contributed by atoms with Crippen LogP contribution in [0.2, 0.25) is 0 Å². The number of alkyl halides is 3. The highest BCUT2D eigenvalue weighted by Crippen LogP contribution is 2.35. The van der Waals surface area contributed by atoms with Crippen molar-refractivity contribution >= 4 is 5.82 Å². The first-order chi connectivity index (χ1) is 7.40. The predicted octanol–water partition coefficient (Wildman–Crippen LogP) is 3.66. The topological polar surface area (TPSA) is 24.9 Å². The first-order valence-corrected chi connectivity index (χ1v) is 5.16. The molecule has 1 N–H and O–H groups in total. The van der Waals surface area contributed by atoms with Crippen LogP contribution in [-0.4, -0.2) is 12.0 Å². The van der Waals surface area contributed by atoms with E-state index in [1.807, 2.05) is 6.92 Å². The molecule has 2 nitrogen and oxygen atoms in total. The third-order valence-electron chi connectivity index (χ3n) is 2.59. The number of hydrogen-bond acceptors (Lipinski definition) is 2. The number of pyridine rings is 1. The number of aromatic nitrogens is 1. The molecule has 0 aromatic carbocycles. The largest absolute Gasteiger partial charge is 0.433 e. The summed E-state index contributed by atoms with van der Waals surface area (Å²) in [6, 6.07) is 3.06. The monoisotopic (exact) mass is 232 g/mol. The van der Waals surface area contributed by atoms with Gasteiger partial charge in [-0.2, -0.15) is 13.2 Å². The van der Waals surface area contributed by atoms with Gasteiger partial charge >= 0.3 is 6.18 Å². The Morgan fingerprint density at radius 3 is 2.44 bits per heavy atom. The molecule has 5 heteroatoms. The molecule has 0 amide bonds. The van der Waals surface area contributed by atoms with Crippen molar-refractivity contribution < 1.29 is 13.2 Å². The second-order valence-corrected chi connectivity index (χ2v) is 3.69. The van der Waals surface area contributed by atoms with Crippen LogP contribution in [0.4, 0.5) is 19.0 Å². The summed E-state index contributed by atoms with van der Waals surface area (Å²) in [5.41, 5.74) is -0.525. The fourth-order valence-corrected chi connectivity index (χ4v) is 1.45. The zero-order valence-corrected chi connectivity index (χ0v) is 9.52. The normalized spacial score (nSPS) is 13.6. The van der Waals surface area contributed by atoms with E-state index >= 15 is 0 Å². The first-order valence-electron chi connectivity index (χ1n) is 5.16. The lowest BCUT2D eigenvalue weighted by Gasteiger charge is -2.17. The lowest BCUT2D eigenvalue weighted by atomic mass is 9.97. The number of hydrogen-bond donors (Lipinski definition) is 1. The molecule has 0 aliphatic carbocycles. The average molecular weight is 232 g/mol. The molecule has 0 saturated carbocycles. The van der Waals surface area contributed by atoms with Gasteiger partial charge in [-0.1, -0.05) is 19.9 Å². The smallest absolute Gasteiger partial charge is 0.373 e. The van der Waals surface area contributed by atoms with Crippen LogP contribution in [-0.2, 0) is 6.18 Å². The highest BCUT2D eigenvalue weighted by atomic mass is 19.4. The first kappa shape index (κ1) is 12.8. The highest BCUT2D eigenvalue weighted by molar-refractivity contribution is 5.40. The quantitative estimate of drug-likeness (QED) is 0.860. The van der Waals surface area contributed by atoms with E-state index < -0.39 is 11.9 Å². The van der Waals surface area contributed by atoms with Crippen molar-refractivity contribution in [2.45, 2.75) is 32.4 Å². The van der Waals surface area contributed by atoms with Crippen molar-refractivity contribution in [2.75, 3.05) is 12.4 Å². The maximum atomic E-state index is 12.8. The molecule has 1 aromatic heterocycles. The molecule has 0 aliphatic heterocycles. The molecule has 1 aromatic rings. The van der Waals surface area contributed by atoms with E-state index in [1.54, 1.807) is 20.0 Å². The minimum absolute atomic E-state index is 0.143. The number of nitrogens with zero attached hydrogens (tertiary/aromatic N) is 1. The lowest BCUT2D eigenvalue weighted by Crippen LogP contribution is -2.14. The van der Waals surface area contributed by atoms with E-state index in [9.17, 15) is 13.2 Å². The van der Waals surface area contributed by atoms with Crippen LogP contribution in [0.5, 0.6) is 0 Å². The van der Waals surface area contributed by atoms with Gasteiger partial charge in [0, 0.05) is 7.05 Å². The molecule has 0 saturated heterocycles. The van der Waals surface area contributed by atoms with Crippen molar-refractivity contribution in [3.8, 4) is 0 Å². The molecule has 16 heavy (non-hydrogen) atoms. The van der Waals surface area contributed by atoms with Gasteiger partial charge in [0.15, 0.2) is 0 Å². The molecule has 1 rings (SSSR count). The maximum absolute atomic E-state index is 12.8. The van der Waals surface area contributed by atoms with Crippen LogP contribution >= 0.6 is 0 Å². The Hall–Kier alpha value is -1.26. The van der Waals surface area contributed by atoms with E-state index in [-0.39, 0.29) is 17.3 Å². The SMILES string of the molecule is CCC(C)c1ccc(NC)nc1C(F)(F)F. The van der Waals surface area contributed by atoms with Gasteiger partial charge in [-0.15, -0.1) is 0 Å². The summed E-state index contributed by atoms with van der Waals surface area (Å²) >= 11 is 0. The van der Waals surface area contributed by atoms with Crippen molar-refractivity contribution in [3.05, 3.63) is 23.4 Å². The second-order valence-electron chi connectivity index (χ2n) is 3.69. The molecule has 1 atom stereocenters. The van der Waals surface area contributed by atoms with Crippen LogP contribution in [0.1, 0.15) is 37.4 Å². The van der Waals surface area contributed by atoms with Crippen LogP contribution in [0, 0.1) is 0 Å². The van der Waals surface area contributed by atoms with E-state index in [2.05, 4.69) is 10.3 Å². The Morgan fingerprint density at radius 2 is 2.00 bits per heavy atom. The van der Waals surface area contributed by atoms with Gasteiger partial charge in [-0.3, -0.25) is 0 Å². The van der Waals surface area contributed by atoms with E-state index in [4.69, 9.17) is 0 Å². The molecule has 1 unspecified atom stereocenters. The van der Waals surface area contributed by atoms with Gasteiger partial charge in [-0.25, -0.2) is 4.98 Å². The summed E-state index contributed by atoms with van der Waals surface area (Å²) in [6.07, 6.45) is -3.74. The zero-order valence-electron chi connectivity index (χ0n) is 9.52. The molecule has 0 aliphatic rings. The fourth-order valence-electron chi connectivity index (χ4n) is 1.45. The third-order valence-corrected chi connectivity index (χ3v) is 2.59. The molecule has 0 radical (unpaired) electrons. The minimum atomic E-state index is -4.40. The predicted molar refractivity (Wildman–Crippen MR) is 57.5 cm³/mol. The molecular formula is C11H15F3N2. The highest BCUT2D eigenvalue weighted by Gasteiger charge is 2.36. The summed E-state index contributed by atoms with van der Waals surface area (Å²) in [5.74, 6) is 0.0920. The van der Waals surface area contributed by atoms with Crippen LogP contribution < -0.4 is 5.32 Å². The molecular weight excluding hydrogens is 217 g/mol. The van der Waals surface area contributed by atoms with Gasteiger partial charge in [0.25, 0.3) is 0 Å². The maximum Gasteiger partial charge on any atom is 0.433 e. The standard InChI is InChI=1S/C11H15F3N2/c1-4-7(2)8-5-6-9(15-3)16-10(8)11(12,13)14/h5-7H,4H2,1-3H3,(H,15,16). The molecule has 0 bridgehead atoms. The summed E-state index contributed by atoms with van der Waals surface area (Å²) in [6.45, 7) is 3.63. The summed E-state index contributed by atoms with van der Waals surface area (Å²) < 4.78 is 38.3. The van der Waals surface area contributed by atoms with Crippen molar-refractivity contribution in [1.82, 2.24) is 4.98 Å². The van der Waals surface area contributed by atoms with Gasteiger partial charge in [0.05, 0.1) is 0 Å². The molecule has 1 heterocycles. The lowest BCUT2D eigenvalue weighted by molar-refractivity contribution is -0.141. The number of halogens is 3. The number of rotatable bonds is 3. The zero-order chi connectivity index (χ0) is 12.3. The summed E-state index contributed by atoms with van der Waals surface area (Å²) in [4.78, 5) is 3.60. The van der Waals surface area contributed by atoms with Crippen LogP contribution in [0.3, 0.4) is 0 Å². The van der Waals surface area contributed by atoms with Gasteiger partial charge < -0.3 is 5.32 Å². The summed E-state index contributed by atoms with van der Waals surface area (Å²) in [7, 11) is 1.55. The molecule has 0 spiro atoms.